The number of amidine groups is 1. The summed E-state index contributed by atoms with van der Waals surface area (Å²) in [5.41, 5.74) is 5.37. The molecule has 0 spiro atoms. The summed E-state index contributed by atoms with van der Waals surface area (Å²) in [6, 6.07) is 19.5. The van der Waals surface area contributed by atoms with Crippen molar-refractivity contribution in [2.45, 2.75) is 19.8 Å². The number of nitrogens with zero attached hydrogens (tertiary/aromatic N) is 2. The molecule has 1 amide bonds. The number of ether oxygens (including phenoxy) is 2. The van der Waals surface area contributed by atoms with Crippen molar-refractivity contribution >= 4 is 28.4 Å². The molecule has 8 nitrogen and oxygen atoms in total. The highest BCUT2D eigenvalue weighted by Gasteiger charge is 2.18. The summed E-state index contributed by atoms with van der Waals surface area (Å²) in [5.74, 6) is 1.29. The van der Waals surface area contributed by atoms with Gasteiger partial charge in [-0.1, -0.05) is 36.4 Å². The predicted molar refractivity (Wildman–Crippen MR) is 135 cm³/mol. The molecule has 5 rings (SSSR count). The fourth-order valence-electron chi connectivity index (χ4n) is 4.27. The van der Waals surface area contributed by atoms with E-state index >= 15 is 0 Å². The number of hydrogen-bond donors (Lipinski definition) is 2. The third kappa shape index (κ3) is 4.63. The van der Waals surface area contributed by atoms with Gasteiger partial charge in [0, 0.05) is 18.2 Å². The maximum absolute atomic E-state index is 12.2. The highest BCUT2D eigenvalue weighted by molar-refractivity contribution is 6.01. The summed E-state index contributed by atoms with van der Waals surface area (Å²) in [6.45, 7) is 2.06. The molecule has 2 heterocycles. The van der Waals surface area contributed by atoms with Crippen LogP contribution < -0.4 is 15.6 Å². The predicted octanol–water partition coefficient (Wildman–Crippen LogP) is 4.52. The van der Waals surface area contributed by atoms with Crippen LogP contribution in [0.3, 0.4) is 0 Å². The van der Waals surface area contributed by atoms with Crippen molar-refractivity contribution in [3.63, 3.8) is 0 Å². The van der Waals surface area contributed by atoms with Crippen LogP contribution in [0.15, 0.2) is 70.5 Å². The lowest BCUT2D eigenvalue weighted by molar-refractivity contribution is 0.157. The van der Waals surface area contributed by atoms with Crippen molar-refractivity contribution in [1.29, 1.82) is 0 Å². The Morgan fingerprint density at radius 3 is 2.69 bits per heavy atom. The van der Waals surface area contributed by atoms with Gasteiger partial charge in [0.1, 0.15) is 11.6 Å². The topological polar surface area (TPSA) is 106 Å². The van der Waals surface area contributed by atoms with Crippen LogP contribution in [0.1, 0.15) is 23.7 Å². The molecule has 35 heavy (non-hydrogen) atoms. The van der Waals surface area contributed by atoms with Gasteiger partial charge in [-0.25, -0.2) is 14.9 Å². The smallest absolute Gasteiger partial charge is 0.412 e. The summed E-state index contributed by atoms with van der Waals surface area (Å²) < 4.78 is 10.5. The average molecular weight is 469 g/mol. The van der Waals surface area contributed by atoms with Gasteiger partial charge in [0.15, 0.2) is 0 Å². The maximum atomic E-state index is 12.2. The number of rotatable bonds is 5. The van der Waals surface area contributed by atoms with E-state index < -0.39 is 6.09 Å². The molecule has 1 aromatic heterocycles. The van der Waals surface area contributed by atoms with E-state index in [1.54, 1.807) is 20.1 Å². The number of aliphatic imine (C=N–C) groups is 1. The standard InChI is InChI=1S/C27H24N4O4/c1-3-35-27(33)29-25-15-18-9-8-17(14-23(18)28-25)19-10-16(11-20(13-19)34-2)12-24-21-6-4-5-7-22(21)26(32)31-30-24/h4-11,13-14H,3,12,15H2,1-2H3,(H,31,32)(H,28,29,33). The molecule has 176 valence electrons. The van der Waals surface area contributed by atoms with Crippen LogP contribution in [-0.2, 0) is 17.6 Å². The molecule has 8 heteroatoms. The van der Waals surface area contributed by atoms with Crippen LogP contribution in [0, 0.1) is 0 Å². The Balaban J connectivity index is 1.47. The van der Waals surface area contributed by atoms with E-state index in [9.17, 15) is 9.59 Å². The van der Waals surface area contributed by atoms with Crippen molar-refractivity contribution in [2.75, 3.05) is 13.7 Å². The second kappa shape index (κ2) is 9.42. The summed E-state index contributed by atoms with van der Waals surface area (Å²) in [5, 5.41) is 11.1. The zero-order chi connectivity index (χ0) is 24.4. The molecule has 0 saturated carbocycles. The number of carbonyl (C=O) groups excluding carboxylic acids is 1. The fraction of sp³-hybridized carbons (Fsp3) is 0.185. The molecule has 2 N–H and O–H groups in total. The van der Waals surface area contributed by atoms with Gasteiger partial charge in [0.25, 0.3) is 5.56 Å². The first kappa shape index (κ1) is 22.3. The summed E-state index contributed by atoms with van der Waals surface area (Å²) in [4.78, 5) is 28.5. The minimum atomic E-state index is -0.500. The van der Waals surface area contributed by atoms with E-state index in [2.05, 4.69) is 26.6 Å². The monoisotopic (exact) mass is 468 g/mol. The number of alkyl carbamates (subject to hydrolysis) is 1. The summed E-state index contributed by atoms with van der Waals surface area (Å²) in [7, 11) is 1.64. The molecule has 0 fully saturated rings. The third-order valence-corrected chi connectivity index (χ3v) is 5.90. The lowest BCUT2D eigenvalue weighted by Crippen LogP contribution is -2.30. The molecular weight excluding hydrogens is 444 g/mol. The number of hydrogen-bond acceptors (Lipinski definition) is 6. The number of nitrogens with one attached hydrogen (secondary N) is 2. The number of benzene rings is 3. The molecule has 0 saturated heterocycles. The largest absolute Gasteiger partial charge is 0.497 e. The molecule has 0 radical (unpaired) electrons. The van der Waals surface area contributed by atoms with Crippen LogP contribution in [0.5, 0.6) is 5.75 Å². The van der Waals surface area contributed by atoms with Gasteiger partial charge in [-0.15, -0.1) is 0 Å². The molecule has 4 aromatic rings. The summed E-state index contributed by atoms with van der Waals surface area (Å²) in [6.07, 6.45) is 0.570. The van der Waals surface area contributed by atoms with E-state index in [0.29, 0.717) is 30.7 Å². The Hall–Kier alpha value is -4.46. The SMILES string of the molecule is CCOC(=O)NC1=Nc2cc(-c3cc(Cc4n[nH]c(=O)c5ccccc45)cc(OC)c3)ccc2C1. The molecule has 0 bridgehead atoms. The molecular formula is C27H24N4O4. The molecule has 0 atom stereocenters. The summed E-state index contributed by atoms with van der Waals surface area (Å²) >= 11 is 0. The Kier molecular flexibility index (Phi) is 6.01. The zero-order valence-electron chi connectivity index (χ0n) is 19.4. The van der Waals surface area contributed by atoms with E-state index in [0.717, 1.165) is 44.8 Å². The van der Waals surface area contributed by atoms with Crippen LogP contribution >= 0.6 is 0 Å². The minimum Gasteiger partial charge on any atom is -0.497 e. The van der Waals surface area contributed by atoms with Crippen molar-refractivity contribution < 1.29 is 14.3 Å². The highest BCUT2D eigenvalue weighted by atomic mass is 16.5. The van der Waals surface area contributed by atoms with E-state index in [4.69, 9.17) is 9.47 Å². The van der Waals surface area contributed by atoms with Crippen LogP contribution in [0.4, 0.5) is 10.5 Å². The number of fused-ring (bicyclic) bond motifs is 2. The number of aromatic nitrogens is 2. The van der Waals surface area contributed by atoms with Crippen molar-refractivity contribution in [1.82, 2.24) is 15.5 Å². The van der Waals surface area contributed by atoms with Gasteiger partial charge in [0.2, 0.25) is 0 Å². The second-order valence-corrected chi connectivity index (χ2v) is 8.22. The fourth-order valence-corrected chi connectivity index (χ4v) is 4.27. The number of aromatic amines is 1. The van der Waals surface area contributed by atoms with E-state index in [-0.39, 0.29) is 5.56 Å². The van der Waals surface area contributed by atoms with E-state index in [1.165, 1.54) is 0 Å². The van der Waals surface area contributed by atoms with Crippen molar-refractivity contribution in [2.24, 2.45) is 4.99 Å². The number of H-pyrrole nitrogens is 1. The zero-order valence-corrected chi connectivity index (χ0v) is 19.4. The Bertz CT molecular complexity index is 1520. The molecule has 0 aliphatic carbocycles. The quantitative estimate of drug-likeness (QED) is 0.448. The van der Waals surface area contributed by atoms with Gasteiger partial charge in [0.05, 0.1) is 30.5 Å². The van der Waals surface area contributed by atoms with Gasteiger partial charge in [-0.3, -0.25) is 10.1 Å². The first-order valence-corrected chi connectivity index (χ1v) is 11.3. The minimum absolute atomic E-state index is 0.203. The first-order valence-electron chi connectivity index (χ1n) is 11.3. The number of carbonyl (C=O) groups is 1. The lowest BCUT2D eigenvalue weighted by atomic mass is 9.97. The Morgan fingerprint density at radius 1 is 1.06 bits per heavy atom. The van der Waals surface area contributed by atoms with Crippen LogP contribution in [0.25, 0.3) is 21.9 Å². The molecule has 3 aromatic carbocycles. The molecule has 1 aliphatic heterocycles. The highest BCUT2D eigenvalue weighted by Crippen LogP contribution is 2.34. The van der Waals surface area contributed by atoms with Gasteiger partial charge < -0.3 is 9.47 Å². The van der Waals surface area contributed by atoms with Gasteiger partial charge in [-0.2, -0.15) is 5.10 Å². The van der Waals surface area contributed by atoms with Crippen molar-refractivity contribution in [3.8, 4) is 16.9 Å². The molecule has 1 aliphatic rings. The van der Waals surface area contributed by atoms with E-state index in [1.807, 2.05) is 48.5 Å². The molecule has 0 unspecified atom stereocenters. The van der Waals surface area contributed by atoms with Crippen LogP contribution in [0.2, 0.25) is 0 Å². The maximum Gasteiger partial charge on any atom is 0.412 e. The Morgan fingerprint density at radius 2 is 1.89 bits per heavy atom. The third-order valence-electron chi connectivity index (χ3n) is 5.90. The number of amides is 1. The Labute approximate surface area is 201 Å². The first-order chi connectivity index (χ1) is 17.0. The number of methoxy groups -OCH3 is 1. The normalized spacial score (nSPS) is 12.2. The van der Waals surface area contributed by atoms with Gasteiger partial charge in [-0.05, 0) is 53.4 Å². The van der Waals surface area contributed by atoms with Gasteiger partial charge >= 0.3 is 6.09 Å². The van der Waals surface area contributed by atoms with Crippen molar-refractivity contribution in [3.05, 3.63) is 87.8 Å². The lowest BCUT2D eigenvalue weighted by Gasteiger charge is -2.11. The second-order valence-electron chi connectivity index (χ2n) is 8.22. The average Bonchev–Trinajstić information content (AvgIpc) is 3.27. The van der Waals surface area contributed by atoms with Crippen LogP contribution in [-0.4, -0.2) is 35.8 Å².